The molecule has 7 heteroatoms. The van der Waals surface area contributed by atoms with Crippen molar-refractivity contribution in [2.75, 3.05) is 19.4 Å². The molecule has 0 saturated carbocycles. The van der Waals surface area contributed by atoms with Gasteiger partial charge in [-0.25, -0.2) is 0 Å². The van der Waals surface area contributed by atoms with E-state index in [9.17, 15) is 9.59 Å². The summed E-state index contributed by atoms with van der Waals surface area (Å²) in [5, 5.41) is 2.54. The third-order valence-electron chi connectivity index (χ3n) is 1.53. The van der Waals surface area contributed by atoms with E-state index in [2.05, 4.69) is 10.0 Å². The largest absolute Gasteiger partial charge is 0.465 e. The van der Waals surface area contributed by atoms with E-state index in [0.29, 0.717) is 6.42 Å². The van der Waals surface area contributed by atoms with Crippen LogP contribution in [0.15, 0.2) is 5.11 Å². The quantitative estimate of drug-likeness (QED) is 0.166. The van der Waals surface area contributed by atoms with Crippen LogP contribution in [0, 0.1) is 0 Å². The van der Waals surface area contributed by atoms with Gasteiger partial charge in [0.1, 0.15) is 0 Å². The fraction of sp³-hybridized carbons (Fsp3) is 0.750. The normalized spacial score (nSPS) is 11.3. The Balaban J connectivity index is 3.81. The number of Topliss-reactive ketones (excluding diaryl/α,β-unsaturated/α-hetero) is 1. The van der Waals surface area contributed by atoms with Gasteiger partial charge in [-0.2, -0.15) is 0 Å². The predicted octanol–water partition coefficient (Wildman–Crippen LogP) is 1.55. The first-order valence-electron chi connectivity index (χ1n) is 4.34. The van der Waals surface area contributed by atoms with Crippen LogP contribution in [0.1, 0.15) is 13.3 Å². The van der Waals surface area contributed by atoms with Gasteiger partial charge in [-0.05, 0) is 25.1 Å². The zero-order valence-electron chi connectivity index (χ0n) is 8.67. The maximum Gasteiger partial charge on any atom is 0.326 e. The lowest BCUT2D eigenvalue weighted by molar-refractivity contribution is -0.144. The van der Waals surface area contributed by atoms with Crippen molar-refractivity contribution in [2.45, 2.75) is 18.6 Å². The Bertz CT molecular complexity index is 276. The molecule has 84 valence electrons. The molecule has 0 aliphatic heterocycles. The molecule has 6 nitrogen and oxygen atoms in total. The highest BCUT2D eigenvalue weighted by atomic mass is 32.2. The van der Waals surface area contributed by atoms with Gasteiger partial charge in [0.15, 0.2) is 11.0 Å². The molecule has 0 amide bonds. The summed E-state index contributed by atoms with van der Waals surface area (Å²) < 4.78 is 4.84. The summed E-state index contributed by atoms with van der Waals surface area (Å²) in [5.74, 6) is -0.751. The van der Waals surface area contributed by atoms with Gasteiger partial charge in [0.05, 0.1) is 6.61 Å². The number of ether oxygens (including phenoxy) is 1. The van der Waals surface area contributed by atoms with Crippen molar-refractivity contribution in [1.82, 2.24) is 0 Å². The molecule has 0 N–H and O–H groups in total. The number of thioether (sulfide) groups is 1. The summed E-state index contributed by atoms with van der Waals surface area (Å²) in [7, 11) is 0. The smallest absolute Gasteiger partial charge is 0.326 e. The SMILES string of the molecule is CSC(C(C)=O)C(=O)OCCCN=[N+]=[N-]. The first-order chi connectivity index (χ1) is 7.13. The van der Waals surface area contributed by atoms with Gasteiger partial charge in [-0.3, -0.25) is 9.59 Å². The molecule has 0 aromatic carbocycles. The van der Waals surface area contributed by atoms with Crippen molar-refractivity contribution in [2.24, 2.45) is 5.11 Å². The maximum atomic E-state index is 11.3. The molecule has 1 atom stereocenters. The fourth-order valence-corrected chi connectivity index (χ4v) is 1.45. The summed E-state index contributed by atoms with van der Waals surface area (Å²) in [6, 6.07) is 0. The van der Waals surface area contributed by atoms with E-state index < -0.39 is 11.2 Å². The predicted molar refractivity (Wildman–Crippen MR) is 57.6 cm³/mol. The zero-order valence-corrected chi connectivity index (χ0v) is 9.49. The van der Waals surface area contributed by atoms with Gasteiger partial charge in [0.2, 0.25) is 0 Å². The standard InChI is InChI=1S/C8H13N3O3S/c1-6(12)7(15-2)8(13)14-5-3-4-10-11-9/h7H,3-5H2,1-2H3. The molecule has 0 aliphatic rings. The van der Waals surface area contributed by atoms with Gasteiger partial charge >= 0.3 is 5.97 Å². The molecule has 0 bridgehead atoms. The average molecular weight is 231 g/mol. The lowest BCUT2D eigenvalue weighted by Gasteiger charge is -2.09. The molecule has 0 heterocycles. The molecule has 0 spiro atoms. The first kappa shape index (κ1) is 13.8. The summed E-state index contributed by atoms with van der Waals surface area (Å²) in [6.45, 7) is 1.80. The van der Waals surface area contributed by atoms with Crippen molar-refractivity contribution >= 4 is 23.5 Å². The van der Waals surface area contributed by atoms with Crippen molar-refractivity contribution in [3.8, 4) is 0 Å². The summed E-state index contributed by atoms with van der Waals surface area (Å²) >= 11 is 1.15. The highest BCUT2D eigenvalue weighted by Crippen LogP contribution is 2.09. The lowest BCUT2D eigenvalue weighted by Crippen LogP contribution is -2.27. The van der Waals surface area contributed by atoms with E-state index in [1.165, 1.54) is 6.92 Å². The van der Waals surface area contributed by atoms with Gasteiger partial charge in [0.25, 0.3) is 0 Å². The maximum absolute atomic E-state index is 11.3. The Labute approximate surface area is 92.0 Å². The van der Waals surface area contributed by atoms with Crippen LogP contribution in [-0.2, 0) is 14.3 Å². The number of azide groups is 1. The van der Waals surface area contributed by atoms with E-state index >= 15 is 0 Å². The topological polar surface area (TPSA) is 92.1 Å². The van der Waals surface area contributed by atoms with Crippen molar-refractivity contribution in [1.29, 1.82) is 0 Å². The van der Waals surface area contributed by atoms with E-state index in [4.69, 9.17) is 10.3 Å². The van der Waals surface area contributed by atoms with E-state index in [1.807, 2.05) is 0 Å². The number of esters is 1. The third kappa shape index (κ3) is 5.98. The molecule has 0 radical (unpaired) electrons. The fourth-order valence-electron chi connectivity index (χ4n) is 0.857. The lowest BCUT2D eigenvalue weighted by atomic mass is 10.3. The summed E-state index contributed by atoms with van der Waals surface area (Å²) in [4.78, 5) is 24.8. The zero-order chi connectivity index (χ0) is 11.7. The highest BCUT2D eigenvalue weighted by Gasteiger charge is 2.23. The van der Waals surface area contributed by atoms with Gasteiger partial charge < -0.3 is 4.74 Å². The molecule has 0 aromatic rings. The number of hydrogen-bond donors (Lipinski definition) is 0. The van der Waals surface area contributed by atoms with Crippen LogP contribution in [0.5, 0.6) is 0 Å². The van der Waals surface area contributed by atoms with E-state index in [1.54, 1.807) is 6.26 Å². The second-order valence-electron chi connectivity index (χ2n) is 2.70. The van der Waals surface area contributed by atoms with Crippen molar-refractivity contribution < 1.29 is 14.3 Å². The molecule has 0 aromatic heterocycles. The molecule has 0 saturated heterocycles. The van der Waals surface area contributed by atoms with Crippen LogP contribution in [0.4, 0.5) is 0 Å². The molecule has 0 rings (SSSR count). The van der Waals surface area contributed by atoms with Crippen LogP contribution < -0.4 is 0 Å². The molecular formula is C8H13N3O3S. The minimum atomic E-state index is -0.746. The second kappa shape index (κ2) is 8.14. The van der Waals surface area contributed by atoms with Crippen LogP contribution >= 0.6 is 11.8 Å². The highest BCUT2D eigenvalue weighted by molar-refractivity contribution is 8.00. The third-order valence-corrected chi connectivity index (χ3v) is 2.52. The summed E-state index contributed by atoms with van der Waals surface area (Å²) in [6.07, 6.45) is 2.14. The molecular weight excluding hydrogens is 218 g/mol. The number of carbonyl (C=O) groups excluding carboxylic acids is 2. The Morgan fingerprint density at radius 3 is 2.73 bits per heavy atom. The number of ketones is 1. The molecule has 0 aliphatic carbocycles. The average Bonchev–Trinajstić information content (AvgIpc) is 2.18. The Kier molecular flexibility index (Phi) is 7.49. The van der Waals surface area contributed by atoms with Crippen LogP contribution in [0.25, 0.3) is 10.4 Å². The number of nitrogens with zero attached hydrogens (tertiary/aromatic N) is 3. The van der Waals surface area contributed by atoms with Crippen LogP contribution in [-0.4, -0.2) is 36.4 Å². The monoisotopic (exact) mass is 231 g/mol. The minimum absolute atomic E-state index is 0.169. The molecule has 1 unspecified atom stereocenters. The molecule has 0 fully saturated rings. The van der Waals surface area contributed by atoms with Crippen molar-refractivity contribution in [3.05, 3.63) is 10.4 Å². The number of hydrogen-bond acceptors (Lipinski definition) is 5. The number of carbonyl (C=O) groups is 2. The van der Waals surface area contributed by atoms with Gasteiger partial charge in [-0.1, -0.05) is 5.11 Å². The second-order valence-corrected chi connectivity index (χ2v) is 3.64. The minimum Gasteiger partial charge on any atom is -0.465 e. The van der Waals surface area contributed by atoms with Crippen molar-refractivity contribution in [3.63, 3.8) is 0 Å². The Morgan fingerprint density at radius 1 is 1.60 bits per heavy atom. The van der Waals surface area contributed by atoms with Crippen LogP contribution in [0.2, 0.25) is 0 Å². The first-order valence-corrected chi connectivity index (χ1v) is 5.63. The van der Waals surface area contributed by atoms with E-state index in [-0.39, 0.29) is 18.9 Å². The Hall–Kier alpha value is -1.20. The summed E-state index contributed by atoms with van der Waals surface area (Å²) in [5.41, 5.74) is 7.98. The van der Waals surface area contributed by atoms with E-state index in [0.717, 1.165) is 11.8 Å². The Morgan fingerprint density at radius 2 is 2.27 bits per heavy atom. The number of rotatable bonds is 7. The van der Waals surface area contributed by atoms with Gasteiger partial charge in [0, 0.05) is 11.5 Å². The van der Waals surface area contributed by atoms with Gasteiger partial charge in [-0.15, -0.1) is 11.8 Å². The molecule has 15 heavy (non-hydrogen) atoms. The van der Waals surface area contributed by atoms with Crippen LogP contribution in [0.3, 0.4) is 0 Å².